The number of aromatic nitrogens is 3. The Balaban J connectivity index is 2.21. The van der Waals surface area contributed by atoms with Gasteiger partial charge in [-0.05, 0) is 42.5 Å². The number of benzene rings is 2. The molecule has 3 aromatic rings. The van der Waals surface area contributed by atoms with E-state index in [2.05, 4.69) is 10.2 Å². The molecule has 0 saturated heterocycles. The minimum absolute atomic E-state index is 0.484. The van der Waals surface area contributed by atoms with Crippen molar-refractivity contribution in [2.24, 2.45) is 0 Å². The lowest BCUT2D eigenvalue weighted by Gasteiger charge is -2.07. The fraction of sp³-hybridized carbons (Fsp3) is 0. The number of rotatable bonds is 2. The van der Waals surface area contributed by atoms with E-state index < -0.39 is 0 Å². The summed E-state index contributed by atoms with van der Waals surface area (Å²) in [6.45, 7) is 0. The molecule has 0 amide bonds. The summed E-state index contributed by atoms with van der Waals surface area (Å²) in [6.07, 6.45) is 0. The van der Waals surface area contributed by atoms with Crippen LogP contribution in [0.15, 0.2) is 48.5 Å². The van der Waals surface area contributed by atoms with Gasteiger partial charge in [-0.25, -0.2) is 0 Å². The van der Waals surface area contributed by atoms with Gasteiger partial charge in [-0.15, -0.1) is 0 Å². The molecule has 0 saturated carbocycles. The van der Waals surface area contributed by atoms with Gasteiger partial charge in [0.05, 0.1) is 10.0 Å². The number of hydrogen-bond acceptors (Lipinski definition) is 2. The highest BCUT2D eigenvalue weighted by Crippen LogP contribution is 2.28. The minimum atomic E-state index is 0.484. The zero-order valence-corrected chi connectivity index (χ0v) is 12.5. The summed E-state index contributed by atoms with van der Waals surface area (Å²) in [5.74, 6) is 0.694. The SMILES string of the molecule is S=c1[nH]nc(-c2ccc(Cl)c(Cl)c2)n1-c1ccccc1. The van der Waals surface area contributed by atoms with E-state index in [4.69, 9.17) is 35.4 Å². The number of H-pyrrole nitrogens is 1. The number of nitrogens with one attached hydrogen (secondary N) is 1. The molecule has 3 rings (SSSR count). The quantitative estimate of drug-likeness (QED) is 0.681. The number of halogens is 2. The average molecular weight is 322 g/mol. The van der Waals surface area contributed by atoms with E-state index in [1.54, 1.807) is 12.1 Å². The molecule has 0 aliphatic rings. The molecule has 0 aliphatic carbocycles. The first-order valence-corrected chi connectivity index (χ1v) is 7.01. The molecule has 6 heteroatoms. The van der Waals surface area contributed by atoms with Crippen LogP contribution in [0, 0.1) is 4.77 Å². The largest absolute Gasteiger partial charge is 0.268 e. The third kappa shape index (κ3) is 2.38. The van der Waals surface area contributed by atoms with Crippen LogP contribution in [0.3, 0.4) is 0 Å². The van der Waals surface area contributed by atoms with Crippen molar-refractivity contribution < 1.29 is 0 Å². The van der Waals surface area contributed by atoms with E-state index in [-0.39, 0.29) is 0 Å². The second-order valence-electron chi connectivity index (χ2n) is 4.15. The van der Waals surface area contributed by atoms with Gasteiger partial charge in [0.15, 0.2) is 10.6 Å². The van der Waals surface area contributed by atoms with Crippen LogP contribution in [0.25, 0.3) is 17.1 Å². The van der Waals surface area contributed by atoms with E-state index in [9.17, 15) is 0 Å². The molecule has 1 heterocycles. The number of hydrogen-bond donors (Lipinski definition) is 1. The van der Waals surface area contributed by atoms with E-state index in [1.165, 1.54) is 0 Å². The monoisotopic (exact) mass is 321 g/mol. The second kappa shape index (κ2) is 5.40. The molecule has 0 spiro atoms. The van der Waals surface area contributed by atoms with Gasteiger partial charge >= 0.3 is 0 Å². The molecule has 1 aromatic heterocycles. The standard InChI is InChI=1S/C14H9Cl2N3S/c15-11-7-6-9(8-12(11)16)13-17-18-14(20)19(13)10-4-2-1-3-5-10/h1-8H,(H,18,20). The van der Waals surface area contributed by atoms with Crippen LogP contribution < -0.4 is 0 Å². The molecule has 0 unspecified atom stereocenters. The Labute approximate surface area is 130 Å². The van der Waals surface area contributed by atoms with Gasteiger partial charge in [0.25, 0.3) is 0 Å². The van der Waals surface area contributed by atoms with Crippen molar-refractivity contribution in [3.05, 3.63) is 63.3 Å². The molecule has 100 valence electrons. The first-order valence-electron chi connectivity index (χ1n) is 5.85. The van der Waals surface area contributed by atoms with Gasteiger partial charge < -0.3 is 0 Å². The van der Waals surface area contributed by atoms with Crippen LogP contribution in [-0.4, -0.2) is 14.8 Å². The van der Waals surface area contributed by atoms with Crippen LogP contribution in [0.1, 0.15) is 0 Å². The zero-order chi connectivity index (χ0) is 14.1. The van der Waals surface area contributed by atoms with Gasteiger partial charge in [0.2, 0.25) is 0 Å². The van der Waals surface area contributed by atoms with Crippen molar-refractivity contribution in [2.75, 3.05) is 0 Å². The summed E-state index contributed by atoms with van der Waals surface area (Å²) in [7, 11) is 0. The Hall–Kier alpha value is -1.62. The summed E-state index contributed by atoms with van der Waals surface area (Å²) in [5.41, 5.74) is 1.78. The molecule has 0 aliphatic heterocycles. The normalized spacial score (nSPS) is 10.7. The topological polar surface area (TPSA) is 33.6 Å². The predicted octanol–water partition coefficient (Wildman–Crippen LogP) is 4.90. The molecule has 20 heavy (non-hydrogen) atoms. The number of nitrogens with zero attached hydrogens (tertiary/aromatic N) is 2. The third-order valence-corrected chi connectivity index (χ3v) is 3.88. The predicted molar refractivity (Wildman–Crippen MR) is 84.2 cm³/mol. The average Bonchev–Trinajstić information content (AvgIpc) is 2.85. The smallest absolute Gasteiger partial charge is 0.200 e. The lowest BCUT2D eigenvalue weighted by atomic mass is 10.2. The van der Waals surface area contributed by atoms with E-state index in [0.29, 0.717) is 20.6 Å². The molecule has 0 atom stereocenters. The number of aromatic amines is 1. The van der Waals surface area contributed by atoms with Crippen molar-refractivity contribution in [3.8, 4) is 17.1 Å². The van der Waals surface area contributed by atoms with Gasteiger partial charge in [0.1, 0.15) is 0 Å². The third-order valence-electron chi connectivity index (χ3n) is 2.86. The second-order valence-corrected chi connectivity index (χ2v) is 5.35. The maximum atomic E-state index is 6.06. The summed E-state index contributed by atoms with van der Waals surface area (Å²) in [5, 5.41) is 8.08. The van der Waals surface area contributed by atoms with Crippen molar-refractivity contribution in [1.82, 2.24) is 14.8 Å². The lowest BCUT2D eigenvalue weighted by Crippen LogP contribution is -1.97. The fourth-order valence-corrected chi connectivity index (χ4v) is 2.48. The highest BCUT2D eigenvalue weighted by molar-refractivity contribution is 7.71. The molecular weight excluding hydrogens is 313 g/mol. The maximum Gasteiger partial charge on any atom is 0.200 e. The lowest BCUT2D eigenvalue weighted by molar-refractivity contribution is 1.04. The molecule has 0 radical (unpaired) electrons. The first kappa shape index (κ1) is 13.4. The highest BCUT2D eigenvalue weighted by atomic mass is 35.5. The summed E-state index contributed by atoms with van der Waals surface area (Å²) >= 11 is 17.3. The van der Waals surface area contributed by atoms with Crippen LogP contribution in [0.2, 0.25) is 10.0 Å². The van der Waals surface area contributed by atoms with Crippen molar-refractivity contribution in [2.45, 2.75) is 0 Å². The highest BCUT2D eigenvalue weighted by Gasteiger charge is 2.11. The van der Waals surface area contributed by atoms with E-state index >= 15 is 0 Å². The molecule has 0 fully saturated rings. The first-order chi connectivity index (χ1) is 9.66. The zero-order valence-electron chi connectivity index (χ0n) is 10.2. The van der Waals surface area contributed by atoms with Crippen LogP contribution in [0.5, 0.6) is 0 Å². The molecule has 2 aromatic carbocycles. The molecule has 0 bridgehead atoms. The Bertz CT molecular complexity index is 809. The molecule has 3 nitrogen and oxygen atoms in total. The van der Waals surface area contributed by atoms with Gasteiger partial charge in [-0.2, -0.15) is 5.10 Å². The molecule has 1 N–H and O–H groups in total. The number of para-hydroxylation sites is 1. The Kier molecular flexibility index (Phi) is 3.61. The van der Waals surface area contributed by atoms with Crippen molar-refractivity contribution in [1.29, 1.82) is 0 Å². The summed E-state index contributed by atoms with van der Waals surface area (Å²) in [4.78, 5) is 0. The van der Waals surface area contributed by atoms with Crippen molar-refractivity contribution >= 4 is 35.4 Å². The summed E-state index contributed by atoms with van der Waals surface area (Å²) in [6, 6.07) is 15.1. The Morgan fingerprint density at radius 2 is 1.75 bits per heavy atom. The Morgan fingerprint density at radius 1 is 1.00 bits per heavy atom. The van der Waals surface area contributed by atoms with Crippen LogP contribution >= 0.6 is 35.4 Å². The van der Waals surface area contributed by atoms with Gasteiger partial charge in [-0.1, -0.05) is 41.4 Å². The van der Waals surface area contributed by atoms with Crippen LogP contribution in [-0.2, 0) is 0 Å². The molecular formula is C14H9Cl2N3S. The van der Waals surface area contributed by atoms with Crippen LogP contribution in [0.4, 0.5) is 0 Å². The van der Waals surface area contributed by atoms with Crippen molar-refractivity contribution in [3.63, 3.8) is 0 Å². The minimum Gasteiger partial charge on any atom is -0.268 e. The maximum absolute atomic E-state index is 6.06. The fourth-order valence-electron chi connectivity index (χ4n) is 1.94. The summed E-state index contributed by atoms with van der Waals surface area (Å²) < 4.78 is 2.38. The van der Waals surface area contributed by atoms with Gasteiger partial charge in [-0.3, -0.25) is 9.67 Å². The van der Waals surface area contributed by atoms with E-state index in [0.717, 1.165) is 11.3 Å². The van der Waals surface area contributed by atoms with Gasteiger partial charge in [0, 0.05) is 11.3 Å². The Morgan fingerprint density at radius 3 is 2.45 bits per heavy atom. The van der Waals surface area contributed by atoms with E-state index in [1.807, 2.05) is 41.0 Å².